The average molecular weight is 360 g/mol. The molecule has 8 nitrogen and oxygen atoms in total. The second kappa shape index (κ2) is 6.89. The second-order valence-corrected chi connectivity index (χ2v) is 7.20. The normalized spacial score (nSPS) is 11.3. The van der Waals surface area contributed by atoms with Crippen LogP contribution in [0.1, 0.15) is 5.89 Å². The molecular formula is C16H16N4O4S. The van der Waals surface area contributed by atoms with Crippen LogP contribution in [0, 0.1) is 0 Å². The number of sulfone groups is 1. The van der Waals surface area contributed by atoms with E-state index in [4.69, 9.17) is 9.15 Å². The molecule has 0 bridgehead atoms. The van der Waals surface area contributed by atoms with Crippen molar-refractivity contribution < 1.29 is 17.6 Å². The lowest BCUT2D eigenvalue weighted by Crippen LogP contribution is -2.04. The van der Waals surface area contributed by atoms with E-state index in [1.807, 2.05) is 0 Å². The van der Waals surface area contributed by atoms with Gasteiger partial charge in [0, 0.05) is 11.8 Å². The van der Waals surface area contributed by atoms with Gasteiger partial charge in [-0.25, -0.2) is 23.4 Å². The summed E-state index contributed by atoms with van der Waals surface area (Å²) >= 11 is 0. The average Bonchev–Trinajstić information content (AvgIpc) is 3.12. The molecular weight excluding hydrogens is 344 g/mol. The molecule has 2 aromatic heterocycles. The van der Waals surface area contributed by atoms with Crippen LogP contribution < -0.4 is 10.1 Å². The van der Waals surface area contributed by atoms with E-state index in [1.165, 1.54) is 31.7 Å². The lowest BCUT2D eigenvalue weighted by molar-refractivity contribution is 0.398. The summed E-state index contributed by atoms with van der Waals surface area (Å²) in [5.74, 6) is 1.38. The molecule has 9 heteroatoms. The van der Waals surface area contributed by atoms with Gasteiger partial charge in [0.25, 0.3) is 0 Å². The number of hydrogen-bond donors (Lipinski definition) is 1. The molecule has 0 spiro atoms. The zero-order chi connectivity index (χ0) is 17.9. The molecule has 0 saturated carbocycles. The zero-order valence-corrected chi connectivity index (χ0v) is 14.4. The SMILES string of the molecule is COc1ncc(NCc2ncco2)nc1-c1ccc(S(C)(=O)=O)cc1. The first-order valence-electron chi connectivity index (χ1n) is 7.31. The first kappa shape index (κ1) is 16.9. The number of methoxy groups -OCH3 is 1. The molecule has 0 unspecified atom stereocenters. The van der Waals surface area contributed by atoms with E-state index < -0.39 is 9.84 Å². The van der Waals surface area contributed by atoms with E-state index in [1.54, 1.807) is 18.3 Å². The third kappa shape index (κ3) is 3.94. The van der Waals surface area contributed by atoms with Crippen LogP contribution in [0.2, 0.25) is 0 Å². The fourth-order valence-corrected chi connectivity index (χ4v) is 2.80. The molecule has 0 aliphatic rings. The summed E-state index contributed by atoms with van der Waals surface area (Å²) in [6.45, 7) is 0.362. The number of rotatable bonds is 6. The van der Waals surface area contributed by atoms with Crippen molar-refractivity contribution in [3.63, 3.8) is 0 Å². The Bertz CT molecular complexity index is 954. The number of oxazole rings is 1. The Labute approximate surface area is 144 Å². The topological polar surface area (TPSA) is 107 Å². The molecule has 0 fully saturated rings. The van der Waals surface area contributed by atoms with Crippen molar-refractivity contribution in [1.82, 2.24) is 15.0 Å². The first-order chi connectivity index (χ1) is 12.0. The predicted molar refractivity (Wildman–Crippen MR) is 91.0 cm³/mol. The summed E-state index contributed by atoms with van der Waals surface area (Å²) in [4.78, 5) is 13.0. The number of aromatic nitrogens is 3. The van der Waals surface area contributed by atoms with Crippen molar-refractivity contribution in [2.24, 2.45) is 0 Å². The van der Waals surface area contributed by atoms with Crippen LogP contribution in [-0.2, 0) is 16.4 Å². The van der Waals surface area contributed by atoms with E-state index in [-0.39, 0.29) is 4.90 Å². The highest BCUT2D eigenvalue weighted by atomic mass is 32.2. The molecule has 1 aromatic carbocycles. The summed E-state index contributed by atoms with van der Waals surface area (Å²) in [6, 6.07) is 6.39. The van der Waals surface area contributed by atoms with Crippen LogP contribution in [0.5, 0.6) is 5.88 Å². The minimum Gasteiger partial charge on any atom is -0.479 e. The number of benzene rings is 1. The summed E-state index contributed by atoms with van der Waals surface area (Å²) in [5, 5.41) is 3.06. The van der Waals surface area contributed by atoms with Gasteiger partial charge in [-0.1, -0.05) is 12.1 Å². The molecule has 0 radical (unpaired) electrons. The van der Waals surface area contributed by atoms with Crippen molar-refractivity contribution >= 4 is 15.7 Å². The van der Waals surface area contributed by atoms with Crippen molar-refractivity contribution in [3.8, 4) is 17.1 Å². The number of anilines is 1. The molecule has 2 heterocycles. The Morgan fingerprint density at radius 1 is 1.20 bits per heavy atom. The van der Waals surface area contributed by atoms with Crippen LogP contribution in [0.25, 0.3) is 11.3 Å². The van der Waals surface area contributed by atoms with Crippen LogP contribution in [0.3, 0.4) is 0 Å². The molecule has 25 heavy (non-hydrogen) atoms. The van der Waals surface area contributed by atoms with Gasteiger partial charge in [0.1, 0.15) is 17.8 Å². The molecule has 3 aromatic rings. The van der Waals surface area contributed by atoms with Crippen molar-refractivity contribution in [2.75, 3.05) is 18.7 Å². The third-order valence-electron chi connectivity index (χ3n) is 3.39. The van der Waals surface area contributed by atoms with Crippen molar-refractivity contribution in [3.05, 3.63) is 48.8 Å². The van der Waals surface area contributed by atoms with E-state index in [2.05, 4.69) is 20.3 Å². The van der Waals surface area contributed by atoms with E-state index in [0.29, 0.717) is 35.4 Å². The Morgan fingerprint density at radius 3 is 2.56 bits per heavy atom. The summed E-state index contributed by atoms with van der Waals surface area (Å²) in [5.41, 5.74) is 1.19. The van der Waals surface area contributed by atoms with E-state index >= 15 is 0 Å². The molecule has 1 N–H and O–H groups in total. The molecule has 0 aliphatic heterocycles. The van der Waals surface area contributed by atoms with Crippen LogP contribution in [-0.4, -0.2) is 36.7 Å². The number of ether oxygens (including phenoxy) is 1. The summed E-state index contributed by atoms with van der Waals surface area (Å²) in [6.07, 6.45) is 5.75. The summed E-state index contributed by atoms with van der Waals surface area (Å²) in [7, 11) is -1.76. The maximum absolute atomic E-state index is 11.6. The van der Waals surface area contributed by atoms with Crippen molar-refractivity contribution in [2.45, 2.75) is 11.4 Å². The van der Waals surface area contributed by atoms with Gasteiger partial charge in [0.15, 0.2) is 9.84 Å². The van der Waals surface area contributed by atoms with Gasteiger partial charge in [-0.15, -0.1) is 0 Å². The first-order valence-corrected chi connectivity index (χ1v) is 9.20. The van der Waals surface area contributed by atoms with E-state index in [0.717, 1.165) is 6.26 Å². The van der Waals surface area contributed by atoms with Crippen molar-refractivity contribution in [1.29, 1.82) is 0 Å². The van der Waals surface area contributed by atoms with Crippen LogP contribution in [0.15, 0.2) is 52.2 Å². The monoisotopic (exact) mass is 360 g/mol. The number of hydrogen-bond acceptors (Lipinski definition) is 8. The maximum Gasteiger partial charge on any atom is 0.240 e. The molecule has 0 aliphatic carbocycles. The Morgan fingerprint density at radius 2 is 1.96 bits per heavy atom. The van der Waals surface area contributed by atoms with Crippen LogP contribution >= 0.6 is 0 Å². The zero-order valence-electron chi connectivity index (χ0n) is 13.6. The van der Waals surface area contributed by atoms with Gasteiger partial charge in [-0.3, -0.25) is 0 Å². The molecule has 3 rings (SSSR count). The lowest BCUT2D eigenvalue weighted by Gasteiger charge is -2.10. The number of nitrogens with one attached hydrogen (secondary N) is 1. The highest BCUT2D eigenvalue weighted by Gasteiger charge is 2.13. The van der Waals surface area contributed by atoms with Gasteiger partial charge >= 0.3 is 0 Å². The molecule has 0 saturated heterocycles. The quantitative estimate of drug-likeness (QED) is 0.712. The molecule has 0 amide bonds. The molecule has 130 valence electrons. The highest BCUT2D eigenvalue weighted by molar-refractivity contribution is 7.90. The van der Waals surface area contributed by atoms with Gasteiger partial charge in [-0.2, -0.15) is 0 Å². The standard InChI is InChI=1S/C16H16N4O4S/c1-23-16-15(11-3-5-12(6-4-11)25(2,21)22)20-13(9-19-16)18-10-14-17-7-8-24-14/h3-9H,10H2,1-2H3,(H,18,20). The van der Waals surface area contributed by atoms with Gasteiger partial charge < -0.3 is 14.5 Å². The smallest absolute Gasteiger partial charge is 0.240 e. The maximum atomic E-state index is 11.6. The Hall–Kier alpha value is -2.94. The van der Waals surface area contributed by atoms with E-state index in [9.17, 15) is 8.42 Å². The Kier molecular flexibility index (Phi) is 4.66. The summed E-state index contributed by atoms with van der Waals surface area (Å²) < 4.78 is 33.6. The van der Waals surface area contributed by atoms with Gasteiger partial charge in [-0.05, 0) is 12.1 Å². The Balaban J connectivity index is 1.89. The van der Waals surface area contributed by atoms with Gasteiger partial charge in [0.2, 0.25) is 11.8 Å². The lowest BCUT2D eigenvalue weighted by atomic mass is 10.1. The fourth-order valence-electron chi connectivity index (χ4n) is 2.17. The van der Waals surface area contributed by atoms with Gasteiger partial charge in [0.05, 0.1) is 30.9 Å². The predicted octanol–water partition coefficient (Wildman–Crippen LogP) is 2.16. The minimum absolute atomic E-state index is 0.237. The number of nitrogens with zero attached hydrogens (tertiary/aromatic N) is 3. The van der Waals surface area contributed by atoms with Crippen LogP contribution in [0.4, 0.5) is 5.82 Å². The molecule has 0 atom stereocenters. The third-order valence-corrected chi connectivity index (χ3v) is 4.52. The highest BCUT2D eigenvalue weighted by Crippen LogP contribution is 2.28. The minimum atomic E-state index is -3.26. The largest absolute Gasteiger partial charge is 0.479 e. The fraction of sp³-hybridized carbons (Fsp3) is 0.188. The second-order valence-electron chi connectivity index (χ2n) is 5.19.